The Bertz CT molecular complexity index is 729. The Hall–Kier alpha value is -1.75. The summed E-state index contributed by atoms with van der Waals surface area (Å²) in [5, 5.41) is 0. The van der Waals surface area contributed by atoms with Crippen molar-refractivity contribution in [3.63, 3.8) is 0 Å². The quantitative estimate of drug-likeness (QED) is 0.734. The number of aryl methyl sites for hydroxylation is 1. The van der Waals surface area contributed by atoms with Crippen LogP contribution in [0.15, 0.2) is 22.8 Å². The van der Waals surface area contributed by atoms with Gasteiger partial charge in [0.15, 0.2) is 10.7 Å². The summed E-state index contributed by atoms with van der Waals surface area (Å²) in [6, 6.07) is 3.83. The van der Waals surface area contributed by atoms with Crippen LogP contribution in [0.5, 0.6) is 0 Å². The third-order valence-corrected chi connectivity index (χ3v) is 4.10. The van der Waals surface area contributed by atoms with E-state index in [4.69, 9.17) is 10.2 Å². The van der Waals surface area contributed by atoms with E-state index in [1.54, 1.807) is 17.6 Å². The average Bonchev–Trinajstić information content (AvgIpc) is 2.95. The van der Waals surface area contributed by atoms with Gasteiger partial charge in [-0.1, -0.05) is 20.8 Å². The lowest BCUT2D eigenvalue weighted by Crippen LogP contribution is -2.14. The zero-order chi connectivity index (χ0) is 13.8. The second-order valence-electron chi connectivity index (χ2n) is 5.70. The molecule has 0 aliphatic heterocycles. The number of rotatable bonds is 1. The molecule has 0 spiro atoms. The van der Waals surface area contributed by atoms with Crippen molar-refractivity contribution in [2.24, 2.45) is 0 Å². The highest BCUT2D eigenvalue weighted by Gasteiger charge is 2.26. The third kappa shape index (κ3) is 1.76. The van der Waals surface area contributed by atoms with Gasteiger partial charge in [0.1, 0.15) is 11.5 Å². The van der Waals surface area contributed by atoms with Crippen molar-refractivity contribution >= 4 is 22.1 Å². The first-order valence-corrected chi connectivity index (χ1v) is 7.03. The second kappa shape index (κ2) is 3.87. The number of hydrogen-bond donors (Lipinski definition) is 1. The van der Waals surface area contributed by atoms with Crippen LogP contribution in [0.2, 0.25) is 0 Å². The maximum atomic E-state index is 6.31. The molecule has 0 unspecified atom stereocenters. The Morgan fingerprint density at radius 1 is 1.37 bits per heavy atom. The number of thiazole rings is 1. The van der Waals surface area contributed by atoms with E-state index in [1.807, 2.05) is 16.5 Å². The van der Waals surface area contributed by atoms with Crippen LogP contribution in [0.3, 0.4) is 0 Å². The molecule has 4 nitrogen and oxygen atoms in total. The summed E-state index contributed by atoms with van der Waals surface area (Å²) in [6.07, 6.45) is 1.68. The lowest BCUT2D eigenvalue weighted by molar-refractivity contribution is 0.574. The van der Waals surface area contributed by atoms with Crippen molar-refractivity contribution in [1.82, 2.24) is 9.38 Å². The number of imidazole rings is 1. The molecule has 0 aromatic carbocycles. The molecule has 0 atom stereocenters. The summed E-state index contributed by atoms with van der Waals surface area (Å²) in [5.41, 5.74) is 8.19. The molecule has 0 bridgehead atoms. The van der Waals surface area contributed by atoms with E-state index in [-0.39, 0.29) is 5.41 Å². The summed E-state index contributed by atoms with van der Waals surface area (Å²) >= 11 is 1.64. The molecule has 2 N–H and O–H groups in total. The molecule has 3 rings (SSSR count). The van der Waals surface area contributed by atoms with Gasteiger partial charge in [-0.3, -0.25) is 4.40 Å². The number of aromatic nitrogens is 2. The molecule has 19 heavy (non-hydrogen) atoms. The Labute approximate surface area is 115 Å². The Balaban J connectivity index is 2.34. The van der Waals surface area contributed by atoms with Crippen LogP contribution in [-0.4, -0.2) is 9.38 Å². The van der Waals surface area contributed by atoms with Crippen molar-refractivity contribution in [2.45, 2.75) is 33.1 Å². The summed E-state index contributed by atoms with van der Waals surface area (Å²) in [6.45, 7) is 8.42. The van der Waals surface area contributed by atoms with Crippen LogP contribution in [-0.2, 0) is 5.41 Å². The SMILES string of the molecule is Cc1sc2nc(C(C)(C)C)c(N)n2c1-c1ccco1. The van der Waals surface area contributed by atoms with E-state index in [0.29, 0.717) is 5.82 Å². The smallest absolute Gasteiger partial charge is 0.196 e. The maximum Gasteiger partial charge on any atom is 0.196 e. The lowest BCUT2D eigenvalue weighted by Gasteiger charge is -2.16. The van der Waals surface area contributed by atoms with E-state index in [9.17, 15) is 0 Å². The minimum absolute atomic E-state index is 0.0653. The van der Waals surface area contributed by atoms with Crippen LogP contribution in [0.1, 0.15) is 31.3 Å². The van der Waals surface area contributed by atoms with E-state index >= 15 is 0 Å². The summed E-state index contributed by atoms with van der Waals surface area (Å²) in [7, 11) is 0. The predicted octanol–water partition coefficient (Wildman–Crippen LogP) is 3.84. The summed E-state index contributed by atoms with van der Waals surface area (Å²) < 4.78 is 7.52. The van der Waals surface area contributed by atoms with Crippen LogP contribution in [0, 0.1) is 6.92 Å². The minimum Gasteiger partial charge on any atom is -0.463 e. The molecule has 3 heterocycles. The highest BCUT2D eigenvalue weighted by molar-refractivity contribution is 7.17. The van der Waals surface area contributed by atoms with Crippen LogP contribution >= 0.6 is 11.3 Å². The monoisotopic (exact) mass is 275 g/mol. The van der Waals surface area contributed by atoms with Gasteiger partial charge in [0.2, 0.25) is 0 Å². The van der Waals surface area contributed by atoms with Gasteiger partial charge in [-0.2, -0.15) is 0 Å². The van der Waals surface area contributed by atoms with Gasteiger partial charge in [0, 0.05) is 10.3 Å². The van der Waals surface area contributed by atoms with E-state index in [1.165, 1.54) is 0 Å². The largest absolute Gasteiger partial charge is 0.463 e. The molecule has 0 saturated heterocycles. The zero-order valence-corrected chi connectivity index (χ0v) is 12.3. The molecule has 5 heteroatoms. The lowest BCUT2D eigenvalue weighted by atomic mass is 9.92. The van der Waals surface area contributed by atoms with Crippen LogP contribution in [0.4, 0.5) is 5.82 Å². The van der Waals surface area contributed by atoms with Gasteiger partial charge >= 0.3 is 0 Å². The molecule has 0 radical (unpaired) electrons. The van der Waals surface area contributed by atoms with E-state index in [0.717, 1.165) is 27.0 Å². The highest BCUT2D eigenvalue weighted by atomic mass is 32.1. The number of anilines is 1. The van der Waals surface area contributed by atoms with Crippen molar-refractivity contribution in [1.29, 1.82) is 0 Å². The first kappa shape index (κ1) is 12.3. The molecule has 0 saturated carbocycles. The van der Waals surface area contributed by atoms with Gasteiger partial charge in [0.05, 0.1) is 12.0 Å². The zero-order valence-electron chi connectivity index (χ0n) is 11.5. The number of nitrogen functional groups attached to an aromatic ring is 1. The predicted molar refractivity (Wildman–Crippen MR) is 78.6 cm³/mol. The molecular weight excluding hydrogens is 258 g/mol. The highest BCUT2D eigenvalue weighted by Crippen LogP contribution is 2.37. The Kier molecular flexibility index (Phi) is 2.50. The Morgan fingerprint density at radius 2 is 2.11 bits per heavy atom. The summed E-state index contributed by atoms with van der Waals surface area (Å²) in [5.74, 6) is 1.53. The minimum atomic E-state index is -0.0653. The van der Waals surface area contributed by atoms with Crippen molar-refractivity contribution in [3.8, 4) is 11.5 Å². The van der Waals surface area contributed by atoms with E-state index in [2.05, 4.69) is 32.7 Å². The normalized spacial score (nSPS) is 12.4. The van der Waals surface area contributed by atoms with Crippen molar-refractivity contribution in [2.75, 3.05) is 5.73 Å². The molecular formula is C14H17N3OS. The number of fused-ring (bicyclic) bond motifs is 1. The van der Waals surface area contributed by atoms with Crippen LogP contribution < -0.4 is 5.73 Å². The standard InChI is InChI=1S/C14H17N3OS/c1-8-10(9-6-5-7-18-9)17-12(15)11(14(2,3)4)16-13(17)19-8/h5-7H,15H2,1-4H3. The number of nitrogens with zero attached hydrogens (tertiary/aromatic N) is 2. The van der Waals surface area contributed by atoms with E-state index < -0.39 is 0 Å². The molecule has 0 aliphatic rings. The summed E-state index contributed by atoms with van der Waals surface area (Å²) in [4.78, 5) is 6.77. The molecule has 3 aromatic heterocycles. The number of nitrogens with two attached hydrogens (primary N) is 1. The Morgan fingerprint density at radius 3 is 2.68 bits per heavy atom. The fraction of sp³-hybridized carbons (Fsp3) is 0.357. The second-order valence-corrected chi connectivity index (χ2v) is 6.88. The molecule has 0 aliphatic carbocycles. The first-order valence-electron chi connectivity index (χ1n) is 6.21. The van der Waals surface area contributed by atoms with Gasteiger partial charge < -0.3 is 10.2 Å². The average molecular weight is 275 g/mol. The molecule has 100 valence electrons. The van der Waals surface area contributed by atoms with Crippen LogP contribution in [0.25, 0.3) is 16.4 Å². The fourth-order valence-corrected chi connectivity index (χ4v) is 3.27. The third-order valence-electron chi connectivity index (χ3n) is 3.15. The fourth-order valence-electron chi connectivity index (χ4n) is 2.29. The number of hydrogen-bond acceptors (Lipinski definition) is 4. The molecule has 0 amide bonds. The van der Waals surface area contributed by atoms with Gasteiger partial charge in [-0.05, 0) is 19.1 Å². The van der Waals surface area contributed by atoms with Gasteiger partial charge in [0.25, 0.3) is 0 Å². The van der Waals surface area contributed by atoms with Gasteiger partial charge in [-0.25, -0.2) is 4.98 Å². The topological polar surface area (TPSA) is 56.5 Å². The maximum absolute atomic E-state index is 6.31. The van der Waals surface area contributed by atoms with Gasteiger partial charge in [-0.15, -0.1) is 11.3 Å². The molecule has 3 aromatic rings. The first-order chi connectivity index (χ1) is 8.89. The van der Waals surface area contributed by atoms with Crippen molar-refractivity contribution in [3.05, 3.63) is 29.0 Å². The van der Waals surface area contributed by atoms with Crippen molar-refractivity contribution < 1.29 is 4.42 Å². The number of furan rings is 1. The molecule has 0 fully saturated rings.